The third kappa shape index (κ3) is 2.68. The lowest BCUT2D eigenvalue weighted by Gasteiger charge is -2.07. The van der Waals surface area contributed by atoms with Gasteiger partial charge in [-0.1, -0.05) is 6.07 Å². The van der Waals surface area contributed by atoms with Gasteiger partial charge in [0.1, 0.15) is 23.3 Å². The molecule has 0 atom stereocenters. The minimum Gasteiger partial charge on any atom is -0.251 e. The van der Waals surface area contributed by atoms with E-state index in [-0.39, 0.29) is 16.8 Å². The molecule has 2 rings (SSSR count). The molecule has 19 heavy (non-hydrogen) atoms. The Morgan fingerprint density at radius 3 is 2.37 bits per heavy atom. The molecule has 0 unspecified atom stereocenters. The van der Waals surface area contributed by atoms with E-state index in [0.717, 1.165) is 30.6 Å². The van der Waals surface area contributed by atoms with Gasteiger partial charge in [0.2, 0.25) is 0 Å². The Labute approximate surface area is 105 Å². The zero-order valence-corrected chi connectivity index (χ0v) is 9.24. The van der Waals surface area contributed by atoms with E-state index in [4.69, 9.17) is 5.26 Å². The van der Waals surface area contributed by atoms with Crippen LogP contribution in [-0.4, -0.2) is 9.97 Å². The van der Waals surface area contributed by atoms with Crippen LogP contribution in [0.1, 0.15) is 11.4 Å². The predicted molar refractivity (Wildman–Crippen MR) is 57.1 cm³/mol. The van der Waals surface area contributed by atoms with Crippen LogP contribution in [0.3, 0.4) is 0 Å². The predicted octanol–water partition coefficient (Wildman–Crippen LogP) is 3.17. The van der Waals surface area contributed by atoms with Gasteiger partial charge in [0.15, 0.2) is 0 Å². The Bertz CT molecular complexity index is 642. The highest BCUT2D eigenvalue weighted by Crippen LogP contribution is 2.29. The van der Waals surface area contributed by atoms with Crippen molar-refractivity contribution in [1.29, 1.82) is 5.26 Å². The van der Waals surface area contributed by atoms with Crippen molar-refractivity contribution in [3.8, 4) is 17.2 Å². The molecule has 2 aromatic heterocycles. The first-order valence-corrected chi connectivity index (χ1v) is 5.01. The van der Waals surface area contributed by atoms with Crippen LogP contribution in [0.5, 0.6) is 0 Å². The lowest BCUT2D eigenvalue weighted by atomic mass is 10.1. The van der Waals surface area contributed by atoms with Crippen molar-refractivity contribution in [3.63, 3.8) is 0 Å². The van der Waals surface area contributed by atoms with Crippen LogP contribution in [0.2, 0.25) is 0 Å². The zero-order chi connectivity index (χ0) is 14.0. The number of aromatic nitrogens is 2. The summed E-state index contributed by atoms with van der Waals surface area (Å²) >= 11 is 0. The van der Waals surface area contributed by atoms with Gasteiger partial charge in [0.05, 0.1) is 6.20 Å². The summed E-state index contributed by atoms with van der Waals surface area (Å²) < 4.78 is 50.5. The number of nitrogens with zero attached hydrogens (tertiary/aromatic N) is 3. The van der Waals surface area contributed by atoms with Gasteiger partial charge in [0, 0.05) is 17.3 Å². The summed E-state index contributed by atoms with van der Waals surface area (Å²) in [5.41, 5.74) is -0.973. The Hall–Kier alpha value is -2.49. The van der Waals surface area contributed by atoms with E-state index < -0.39 is 17.7 Å². The van der Waals surface area contributed by atoms with Crippen LogP contribution in [0.15, 0.2) is 30.6 Å². The van der Waals surface area contributed by atoms with Gasteiger partial charge >= 0.3 is 6.18 Å². The average Bonchev–Trinajstić information content (AvgIpc) is 2.38. The number of rotatable bonds is 1. The van der Waals surface area contributed by atoms with Gasteiger partial charge in [-0.2, -0.15) is 18.4 Å². The minimum atomic E-state index is -4.55. The summed E-state index contributed by atoms with van der Waals surface area (Å²) in [6, 6.07) is 4.72. The lowest BCUT2D eigenvalue weighted by Crippen LogP contribution is -2.07. The highest BCUT2D eigenvalue weighted by Gasteiger charge is 2.32. The van der Waals surface area contributed by atoms with E-state index >= 15 is 0 Å². The van der Waals surface area contributed by atoms with E-state index in [9.17, 15) is 17.6 Å². The molecule has 0 amide bonds. The molecule has 96 valence electrons. The molecule has 0 aliphatic carbocycles. The summed E-state index contributed by atoms with van der Waals surface area (Å²) in [6.45, 7) is 0. The Balaban J connectivity index is 2.46. The highest BCUT2D eigenvalue weighted by molar-refractivity contribution is 5.64. The van der Waals surface area contributed by atoms with Gasteiger partial charge in [-0.3, -0.25) is 4.98 Å². The molecule has 2 aromatic rings. The Morgan fingerprint density at radius 2 is 1.84 bits per heavy atom. The van der Waals surface area contributed by atoms with Crippen LogP contribution in [0, 0.1) is 17.1 Å². The fourth-order valence-electron chi connectivity index (χ4n) is 1.44. The lowest BCUT2D eigenvalue weighted by molar-refractivity contribution is -0.141. The molecule has 0 saturated heterocycles. The first-order valence-electron chi connectivity index (χ1n) is 5.01. The average molecular weight is 267 g/mol. The van der Waals surface area contributed by atoms with Crippen molar-refractivity contribution >= 4 is 0 Å². The maximum Gasteiger partial charge on any atom is 0.433 e. The number of nitriles is 1. The third-order valence-corrected chi connectivity index (χ3v) is 2.33. The van der Waals surface area contributed by atoms with Gasteiger partial charge in [-0.25, -0.2) is 9.37 Å². The van der Waals surface area contributed by atoms with E-state index in [1.165, 1.54) is 0 Å². The monoisotopic (exact) mass is 267 g/mol. The van der Waals surface area contributed by atoms with Crippen molar-refractivity contribution in [2.75, 3.05) is 0 Å². The van der Waals surface area contributed by atoms with Crippen LogP contribution in [0.4, 0.5) is 17.6 Å². The van der Waals surface area contributed by atoms with Crippen LogP contribution >= 0.6 is 0 Å². The van der Waals surface area contributed by atoms with Gasteiger partial charge < -0.3 is 0 Å². The molecule has 0 fully saturated rings. The Morgan fingerprint density at radius 1 is 1.11 bits per heavy atom. The van der Waals surface area contributed by atoms with E-state index in [0.29, 0.717) is 0 Å². The van der Waals surface area contributed by atoms with Crippen LogP contribution in [-0.2, 0) is 6.18 Å². The molecular formula is C12H5F4N3. The zero-order valence-electron chi connectivity index (χ0n) is 9.24. The molecule has 2 heterocycles. The second-order valence-electron chi connectivity index (χ2n) is 3.59. The highest BCUT2D eigenvalue weighted by atomic mass is 19.4. The maximum atomic E-state index is 13.5. The van der Waals surface area contributed by atoms with E-state index in [1.807, 2.05) is 0 Å². The van der Waals surface area contributed by atoms with Crippen molar-refractivity contribution in [1.82, 2.24) is 9.97 Å². The normalized spacial score (nSPS) is 11.1. The van der Waals surface area contributed by atoms with Crippen molar-refractivity contribution in [3.05, 3.63) is 47.8 Å². The van der Waals surface area contributed by atoms with E-state index in [2.05, 4.69) is 9.97 Å². The van der Waals surface area contributed by atoms with E-state index in [1.54, 1.807) is 6.07 Å². The van der Waals surface area contributed by atoms with Crippen LogP contribution < -0.4 is 0 Å². The van der Waals surface area contributed by atoms with Gasteiger partial charge in [-0.15, -0.1) is 0 Å². The molecule has 7 heteroatoms. The van der Waals surface area contributed by atoms with Crippen LogP contribution in [0.25, 0.3) is 11.1 Å². The largest absolute Gasteiger partial charge is 0.433 e. The number of pyridine rings is 2. The number of hydrogen-bond acceptors (Lipinski definition) is 3. The molecule has 0 saturated carbocycles. The van der Waals surface area contributed by atoms with Gasteiger partial charge in [0.25, 0.3) is 0 Å². The van der Waals surface area contributed by atoms with Crippen molar-refractivity contribution < 1.29 is 17.6 Å². The topological polar surface area (TPSA) is 49.6 Å². The molecule has 0 bridgehead atoms. The standard InChI is InChI=1S/C12H5F4N3/c13-10-6-18-8(4-17)3-9(10)7-1-2-11(19-5-7)12(14,15)16/h1-3,5-6H. The molecule has 0 radical (unpaired) electrons. The number of alkyl halides is 3. The summed E-state index contributed by atoms with van der Waals surface area (Å²) in [4.78, 5) is 6.73. The number of halogens is 4. The first kappa shape index (κ1) is 13.0. The van der Waals surface area contributed by atoms with Gasteiger partial charge in [-0.05, 0) is 12.1 Å². The summed E-state index contributed by atoms with van der Waals surface area (Å²) in [5.74, 6) is -0.736. The molecule has 0 aliphatic rings. The smallest absolute Gasteiger partial charge is 0.251 e. The summed E-state index contributed by atoms with van der Waals surface area (Å²) in [6.07, 6.45) is -2.80. The second kappa shape index (κ2) is 4.65. The summed E-state index contributed by atoms with van der Waals surface area (Å²) in [7, 11) is 0. The second-order valence-corrected chi connectivity index (χ2v) is 3.59. The molecule has 0 spiro atoms. The first-order chi connectivity index (χ1) is 8.91. The fourth-order valence-corrected chi connectivity index (χ4v) is 1.44. The minimum absolute atomic E-state index is 0.0206. The van der Waals surface area contributed by atoms with Crippen molar-refractivity contribution in [2.24, 2.45) is 0 Å². The molecular weight excluding hydrogens is 262 g/mol. The fraction of sp³-hybridized carbons (Fsp3) is 0.0833. The Kier molecular flexibility index (Phi) is 3.17. The quantitative estimate of drug-likeness (QED) is 0.745. The third-order valence-electron chi connectivity index (χ3n) is 2.33. The molecule has 0 aliphatic heterocycles. The molecule has 0 N–H and O–H groups in total. The molecule has 0 aromatic carbocycles. The summed E-state index contributed by atoms with van der Waals surface area (Å²) in [5, 5.41) is 8.65. The van der Waals surface area contributed by atoms with Crippen molar-refractivity contribution in [2.45, 2.75) is 6.18 Å². The SMILES string of the molecule is N#Cc1cc(-c2ccc(C(F)(F)F)nc2)c(F)cn1. The molecule has 3 nitrogen and oxygen atoms in total. The number of hydrogen-bond donors (Lipinski definition) is 0. The maximum absolute atomic E-state index is 13.5.